The number of aromatic nitrogens is 2. The van der Waals surface area contributed by atoms with E-state index in [-0.39, 0.29) is 12.4 Å². The van der Waals surface area contributed by atoms with Gasteiger partial charge in [0.2, 0.25) is 0 Å². The van der Waals surface area contributed by atoms with Crippen LogP contribution in [0, 0.1) is 6.92 Å². The molecule has 0 saturated carbocycles. The molecule has 0 radical (unpaired) electrons. The third kappa shape index (κ3) is 6.64. The molecule has 1 aromatic heterocycles. The van der Waals surface area contributed by atoms with Gasteiger partial charge in [0.25, 0.3) is 0 Å². The molecule has 29 heavy (non-hydrogen) atoms. The molecule has 0 N–H and O–H groups in total. The summed E-state index contributed by atoms with van der Waals surface area (Å²) in [5.74, 6) is 1.28. The van der Waals surface area contributed by atoms with Crippen LogP contribution < -0.4 is 4.90 Å². The first-order valence-electron chi connectivity index (χ1n) is 10.1. The van der Waals surface area contributed by atoms with Crippen molar-refractivity contribution in [3.05, 3.63) is 53.0 Å². The number of benzene rings is 1. The Labute approximate surface area is 171 Å². The van der Waals surface area contributed by atoms with Crippen LogP contribution in [0.1, 0.15) is 36.0 Å². The van der Waals surface area contributed by atoms with Crippen molar-refractivity contribution >= 4 is 18.0 Å². The molecule has 0 spiro atoms. The van der Waals surface area contributed by atoms with E-state index < -0.39 is 0 Å². The van der Waals surface area contributed by atoms with E-state index in [0.717, 1.165) is 30.2 Å². The van der Waals surface area contributed by atoms with E-state index in [4.69, 9.17) is 9.47 Å². The first-order valence-corrected chi connectivity index (χ1v) is 10.1. The topological polar surface area (TPSA) is 76.9 Å². The number of aliphatic imine (C=N–C) groups is 1. The summed E-state index contributed by atoms with van der Waals surface area (Å²) in [6.07, 6.45) is 2.58. The lowest BCUT2D eigenvalue weighted by Crippen LogP contribution is -2.37. The van der Waals surface area contributed by atoms with Gasteiger partial charge in [0.1, 0.15) is 11.6 Å². The Kier molecular flexibility index (Phi) is 7.69. The van der Waals surface area contributed by atoms with Gasteiger partial charge < -0.3 is 14.4 Å². The quantitative estimate of drug-likeness (QED) is 0.504. The third-order valence-electron chi connectivity index (χ3n) is 4.54. The summed E-state index contributed by atoms with van der Waals surface area (Å²) in [7, 11) is 0. The molecule has 1 fully saturated rings. The average molecular weight is 396 g/mol. The van der Waals surface area contributed by atoms with Crippen LogP contribution in [0.3, 0.4) is 0 Å². The Morgan fingerprint density at radius 1 is 1.28 bits per heavy atom. The first-order chi connectivity index (χ1) is 14.1. The zero-order valence-electron chi connectivity index (χ0n) is 17.1. The molecule has 3 rings (SSSR count). The molecule has 1 aromatic carbocycles. The maximum atomic E-state index is 11.7. The Balaban J connectivity index is 1.74. The normalized spacial score (nSPS) is 14.3. The van der Waals surface area contributed by atoms with Gasteiger partial charge in [-0.15, -0.1) is 0 Å². The molecule has 2 heterocycles. The van der Waals surface area contributed by atoms with Crippen LogP contribution in [0.5, 0.6) is 0 Å². The Bertz CT molecular complexity index is 848. The van der Waals surface area contributed by atoms with Crippen molar-refractivity contribution in [1.29, 1.82) is 0 Å². The second-order valence-electron chi connectivity index (χ2n) is 6.92. The van der Waals surface area contributed by atoms with Gasteiger partial charge in [0.05, 0.1) is 38.5 Å². The number of hydrogen-bond donors (Lipinski definition) is 0. The number of morpholine rings is 1. The van der Waals surface area contributed by atoms with Crippen molar-refractivity contribution in [2.45, 2.75) is 33.2 Å². The minimum atomic E-state index is -0.230. The fourth-order valence-corrected chi connectivity index (χ4v) is 3.13. The molecular formula is C22H28N4O3. The van der Waals surface area contributed by atoms with Gasteiger partial charge in [-0.05, 0) is 19.4 Å². The largest absolute Gasteiger partial charge is 0.466 e. The molecule has 0 bridgehead atoms. The molecule has 1 saturated heterocycles. The number of anilines is 1. The molecule has 0 unspecified atom stereocenters. The Morgan fingerprint density at radius 2 is 2.10 bits per heavy atom. The lowest BCUT2D eigenvalue weighted by Gasteiger charge is -2.28. The minimum Gasteiger partial charge on any atom is -0.466 e. The number of aryl methyl sites for hydroxylation is 2. The fraction of sp³-hybridized carbons (Fsp3) is 0.455. The van der Waals surface area contributed by atoms with Crippen molar-refractivity contribution in [2.75, 3.05) is 37.8 Å². The van der Waals surface area contributed by atoms with E-state index in [1.165, 1.54) is 5.56 Å². The summed E-state index contributed by atoms with van der Waals surface area (Å²) in [5, 5.41) is 0. The second kappa shape index (κ2) is 10.7. The molecule has 1 aliphatic heterocycles. The van der Waals surface area contributed by atoms with Crippen molar-refractivity contribution in [1.82, 2.24) is 9.97 Å². The highest BCUT2D eigenvalue weighted by Gasteiger charge is 2.15. The van der Waals surface area contributed by atoms with E-state index >= 15 is 0 Å². The zero-order valence-corrected chi connectivity index (χ0v) is 17.1. The second-order valence-corrected chi connectivity index (χ2v) is 6.92. The van der Waals surface area contributed by atoms with Crippen LogP contribution >= 0.6 is 0 Å². The summed E-state index contributed by atoms with van der Waals surface area (Å²) >= 11 is 0. The number of carbonyl (C=O) groups excluding carboxylic acids is 1. The van der Waals surface area contributed by atoms with Crippen LogP contribution in [-0.2, 0) is 27.2 Å². The van der Waals surface area contributed by atoms with Gasteiger partial charge in [0, 0.05) is 31.8 Å². The average Bonchev–Trinajstić information content (AvgIpc) is 2.73. The van der Waals surface area contributed by atoms with Crippen LogP contribution in [0.2, 0.25) is 0 Å². The van der Waals surface area contributed by atoms with Crippen LogP contribution in [0.15, 0.2) is 35.3 Å². The summed E-state index contributed by atoms with van der Waals surface area (Å²) in [5.41, 5.74) is 3.10. The van der Waals surface area contributed by atoms with Crippen LogP contribution in [-0.4, -0.2) is 55.1 Å². The molecule has 7 heteroatoms. The van der Waals surface area contributed by atoms with Gasteiger partial charge in [-0.3, -0.25) is 9.79 Å². The van der Waals surface area contributed by atoms with E-state index in [0.29, 0.717) is 38.6 Å². The lowest BCUT2D eigenvalue weighted by molar-refractivity contribution is -0.143. The smallest absolute Gasteiger partial charge is 0.306 e. The van der Waals surface area contributed by atoms with Crippen molar-refractivity contribution in [3.63, 3.8) is 0 Å². The summed E-state index contributed by atoms with van der Waals surface area (Å²) < 4.78 is 10.5. The SMILES string of the molecule is CCOC(=O)CCc1nc(CN=Cc2cccc(C)c2)cc(N2CCOCC2)n1. The number of rotatable bonds is 8. The molecule has 154 valence electrons. The van der Waals surface area contributed by atoms with E-state index in [2.05, 4.69) is 38.9 Å². The van der Waals surface area contributed by atoms with E-state index in [1.807, 2.05) is 24.4 Å². The van der Waals surface area contributed by atoms with Crippen molar-refractivity contribution < 1.29 is 14.3 Å². The van der Waals surface area contributed by atoms with Gasteiger partial charge in [-0.25, -0.2) is 9.97 Å². The van der Waals surface area contributed by atoms with Gasteiger partial charge in [0.15, 0.2) is 0 Å². The molecule has 0 aliphatic carbocycles. The molecule has 2 aromatic rings. The predicted molar refractivity (Wildman–Crippen MR) is 112 cm³/mol. The highest BCUT2D eigenvalue weighted by molar-refractivity contribution is 5.79. The van der Waals surface area contributed by atoms with Crippen LogP contribution in [0.25, 0.3) is 0 Å². The first kappa shape index (κ1) is 20.9. The predicted octanol–water partition coefficient (Wildman–Crippen LogP) is 2.74. The van der Waals surface area contributed by atoms with Crippen molar-refractivity contribution in [2.24, 2.45) is 4.99 Å². The number of esters is 1. The molecule has 0 amide bonds. The van der Waals surface area contributed by atoms with E-state index in [1.54, 1.807) is 6.92 Å². The molecule has 0 atom stereocenters. The van der Waals surface area contributed by atoms with Gasteiger partial charge in [-0.1, -0.05) is 29.8 Å². The highest BCUT2D eigenvalue weighted by atomic mass is 16.5. The van der Waals surface area contributed by atoms with E-state index in [9.17, 15) is 4.79 Å². The maximum absolute atomic E-state index is 11.7. The molecular weight excluding hydrogens is 368 g/mol. The van der Waals surface area contributed by atoms with Gasteiger partial charge in [-0.2, -0.15) is 0 Å². The fourth-order valence-electron chi connectivity index (χ4n) is 3.13. The third-order valence-corrected chi connectivity index (χ3v) is 4.54. The minimum absolute atomic E-state index is 0.230. The number of carbonyl (C=O) groups is 1. The summed E-state index contributed by atoms with van der Waals surface area (Å²) in [4.78, 5) is 27.7. The molecule has 7 nitrogen and oxygen atoms in total. The summed E-state index contributed by atoms with van der Waals surface area (Å²) in [6.45, 7) is 7.66. The summed E-state index contributed by atoms with van der Waals surface area (Å²) in [6, 6.07) is 10.2. The Hall–Kier alpha value is -2.80. The van der Waals surface area contributed by atoms with Gasteiger partial charge >= 0.3 is 5.97 Å². The standard InChI is InChI=1S/C22H28N4O3/c1-3-29-22(27)8-7-20-24-19(14-21(25-20)26-9-11-28-12-10-26)16-23-15-18-6-4-5-17(2)13-18/h4-6,13-15H,3,7-12,16H2,1-2H3. The molecule has 1 aliphatic rings. The zero-order chi connectivity index (χ0) is 20.5. The maximum Gasteiger partial charge on any atom is 0.306 e. The van der Waals surface area contributed by atoms with Crippen LogP contribution in [0.4, 0.5) is 5.82 Å². The lowest BCUT2D eigenvalue weighted by atomic mass is 10.1. The number of ether oxygens (including phenoxy) is 2. The van der Waals surface area contributed by atoms with Crippen molar-refractivity contribution in [3.8, 4) is 0 Å². The number of hydrogen-bond acceptors (Lipinski definition) is 7. The monoisotopic (exact) mass is 396 g/mol. The highest BCUT2D eigenvalue weighted by Crippen LogP contribution is 2.16. The number of nitrogens with zero attached hydrogens (tertiary/aromatic N) is 4. The Morgan fingerprint density at radius 3 is 2.86 bits per heavy atom.